The highest BCUT2D eigenvalue weighted by atomic mass is 16.5. The van der Waals surface area contributed by atoms with Crippen molar-refractivity contribution in [1.29, 1.82) is 0 Å². The SMILES string of the molecule is COc1ccc(-c2noc(C3=C(C)N(c4cccc(C)c4)C(=O)NC3c3cccc(OC)c3)n2)cc1. The van der Waals surface area contributed by atoms with Crippen LogP contribution in [-0.4, -0.2) is 30.4 Å². The smallest absolute Gasteiger partial charge is 0.326 e. The van der Waals surface area contributed by atoms with E-state index < -0.39 is 6.04 Å². The van der Waals surface area contributed by atoms with Crippen LogP contribution in [0.2, 0.25) is 0 Å². The lowest BCUT2D eigenvalue weighted by atomic mass is 9.94. The number of nitrogens with zero attached hydrogens (tertiary/aromatic N) is 3. The molecule has 1 N–H and O–H groups in total. The molecule has 36 heavy (non-hydrogen) atoms. The highest BCUT2D eigenvalue weighted by Gasteiger charge is 2.36. The maximum atomic E-state index is 13.4. The number of allylic oxidation sites excluding steroid dienone is 1. The Labute approximate surface area is 209 Å². The second kappa shape index (κ2) is 9.58. The number of rotatable bonds is 6. The molecular formula is C28H26N4O4. The van der Waals surface area contributed by atoms with Crippen LogP contribution in [-0.2, 0) is 0 Å². The van der Waals surface area contributed by atoms with E-state index in [2.05, 4.69) is 10.5 Å². The normalized spacial score (nSPS) is 15.6. The molecule has 8 heteroatoms. The number of hydrogen-bond donors (Lipinski definition) is 1. The third-order valence-electron chi connectivity index (χ3n) is 6.18. The maximum Gasteiger partial charge on any atom is 0.326 e. The van der Waals surface area contributed by atoms with E-state index >= 15 is 0 Å². The van der Waals surface area contributed by atoms with Crippen LogP contribution < -0.4 is 19.7 Å². The van der Waals surface area contributed by atoms with Crippen LogP contribution in [0.4, 0.5) is 10.5 Å². The van der Waals surface area contributed by atoms with Gasteiger partial charge in [-0.05, 0) is 73.5 Å². The second-order valence-corrected chi connectivity index (χ2v) is 8.48. The molecule has 182 valence electrons. The van der Waals surface area contributed by atoms with Gasteiger partial charge in [0.15, 0.2) is 0 Å². The first-order chi connectivity index (χ1) is 17.5. The minimum Gasteiger partial charge on any atom is -0.497 e. The lowest BCUT2D eigenvalue weighted by Crippen LogP contribution is -2.46. The first kappa shape index (κ1) is 23.2. The van der Waals surface area contributed by atoms with Gasteiger partial charge in [0.25, 0.3) is 5.89 Å². The molecule has 1 atom stereocenters. The van der Waals surface area contributed by atoms with Crippen molar-refractivity contribution in [3.05, 3.63) is 95.5 Å². The Bertz CT molecular complexity index is 1440. The van der Waals surface area contributed by atoms with E-state index in [1.54, 1.807) is 19.1 Å². The van der Waals surface area contributed by atoms with E-state index in [-0.39, 0.29) is 6.03 Å². The van der Waals surface area contributed by atoms with E-state index in [1.807, 2.05) is 86.6 Å². The molecule has 0 fully saturated rings. The average Bonchev–Trinajstić information content (AvgIpc) is 3.38. The van der Waals surface area contributed by atoms with Gasteiger partial charge in [-0.2, -0.15) is 4.98 Å². The summed E-state index contributed by atoms with van der Waals surface area (Å²) in [5.74, 6) is 2.19. The van der Waals surface area contributed by atoms with Crippen molar-refractivity contribution in [2.75, 3.05) is 19.1 Å². The summed E-state index contributed by atoms with van der Waals surface area (Å²) >= 11 is 0. The van der Waals surface area contributed by atoms with Gasteiger partial charge in [0.2, 0.25) is 5.82 Å². The molecular weight excluding hydrogens is 456 g/mol. The molecule has 0 saturated carbocycles. The van der Waals surface area contributed by atoms with Crippen molar-refractivity contribution in [2.45, 2.75) is 19.9 Å². The van der Waals surface area contributed by atoms with Crippen LogP contribution in [0.5, 0.6) is 11.5 Å². The fourth-order valence-corrected chi connectivity index (χ4v) is 4.36. The molecule has 1 unspecified atom stereocenters. The number of benzene rings is 3. The van der Waals surface area contributed by atoms with Gasteiger partial charge in [0.05, 0.1) is 31.5 Å². The molecule has 1 aromatic heterocycles. The number of aromatic nitrogens is 2. The number of aryl methyl sites for hydroxylation is 1. The molecule has 2 amide bonds. The fourth-order valence-electron chi connectivity index (χ4n) is 4.36. The summed E-state index contributed by atoms with van der Waals surface area (Å²) in [6.45, 7) is 3.88. The predicted molar refractivity (Wildman–Crippen MR) is 137 cm³/mol. The van der Waals surface area contributed by atoms with Gasteiger partial charge in [-0.1, -0.05) is 29.4 Å². The van der Waals surface area contributed by atoms with E-state index in [9.17, 15) is 4.79 Å². The first-order valence-corrected chi connectivity index (χ1v) is 11.5. The molecule has 0 spiro atoms. The summed E-state index contributed by atoms with van der Waals surface area (Å²) in [7, 11) is 3.23. The number of hydrogen-bond acceptors (Lipinski definition) is 6. The molecule has 1 aliphatic rings. The zero-order chi connectivity index (χ0) is 25.2. The number of methoxy groups -OCH3 is 2. The maximum absolute atomic E-state index is 13.4. The summed E-state index contributed by atoms with van der Waals surface area (Å²) in [4.78, 5) is 19.7. The lowest BCUT2D eigenvalue weighted by Gasteiger charge is -2.35. The van der Waals surface area contributed by atoms with Gasteiger partial charge in [0, 0.05) is 11.3 Å². The molecule has 2 heterocycles. The first-order valence-electron chi connectivity index (χ1n) is 11.5. The van der Waals surface area contributed by atoms with Crippen molar-refractivity contribution in [3.8, 4) is 22.9 Å². The quantitative estimate of drug-likeness (QED) is 0.376. The van der Waals surface area contributed by atoms with E-state index in [1.165, 1.54) is 0 Å². The average molecular weight is 483 g/mol. The minimum atomic E-state index is -0.516. The van der Waals surface area contributed by atoms with Gasteiger partial charge in [-0.15, -0.1) is 0 Å². The monoisotopic (exact) mass is 482 g/mol. The molecule has 0 bridgehead atoms. The zero-order valence-electron chi connectivity index (χ0n) is 20.5. The van der Waals surface area contributed by atoms with Crippen molar-refractivity contribution in [2.24, 2.45) is 0 Å². The van der Waals surface area contributed by atoms with E-state index in [0.717, 1.165) is 28.1 Å². The number of amides is 2. The van der Waals surface area contributed by atoms with Crippen LogP contribution in [0, 0.1) is 6.92 Å². The molecule has 0 aliphatic carbocycles. The summed E-state index contributed by atoms with van der Waals surface area (Å²) in [5.41, 5.74) is 4.83. The van der Waals surface area contributed by atoms with Gasteiger partial charge in [-0.3, -0.25) is 4.90 Å². The Morgan fingerprint density at radius 1 is 0.917 bits per heavy atom. The lowest BCUT2D eigenvalue weighted by molar-refractivity contribution is 0.244. The second-order valence-electron chi connectivity index (χ2n) is 8.48. The Morgan fingerprint density at radius 2 is 1.67 bits per heavy atom. The molecule has 0 saturated heterocycles. The fraction of sp³-hybridized carbons (Fsp3) is 0.179. The number of anilines is 1. The molecule has 3 aromatic carbocycles. The van der Waals surface area contributed by atoms with Crippen LogP contribution >= 0.6 is 0 Å². The third kappa shape index (κ3) is 4.29. The Kier molecular flexibility index (Phi) is 6.16. The number of urea groups is 1. The van der Waals surface area contributed by atoms with Gasteiger partial charge in [-0.25, -0.2) is 4.79 Å². The van der Waals surface area contributed by atoms with Crippen LogP contribution in [0.3, 0.4) is 0 Å². The molecule has 5 rings (SSSR count). The highest BCUT2D eigenvalue weighted by Crippen LogP contribution is 2.40. The van der Waals surface area contributed by atoms with Gasteiger partial charge < -0.3 is 19.3 Å². The Hall–Kier alpha value is -4.59. The summed E-state index contributed by atoms with van der Waals surface area (Å²) < 4.78 is 16.4. The van der Waals surface area contributed by atoms with E-state index in [0.29, 0.717) is 28.7 Å². The summed E-state index contributed by atoms with van der Waals surface area (Å²) in [6.07, 6.45) is 0. The van der Waals surface area contributed by atoms with Crippen molar-refractivity contribution < 1.29 is 18.8 Å². The van der Waals surface area contributed by atoms with Crippen molar-refractivity contribution in [1.82, 2.24) is 15.5 Å². The third-order valence-corrected chi connectivity index (χ3v) is 6.18. The largest absolute Gasteiger partial charge is 0.497 e. The molecule has 4 aromatic rings. The number of ether oxygens (including phenoxy) is 2. The van der Waals surface area contributed by atoms with Crippen LogP contribution in [0.15, 0.2) is 83.0 Å². The minimum absolute atomic E-state index is 0.246. The van der Waals surface area contributed by atoms with Crippen LogP contribution in [0.25, 0.3) is 17.0 Å². The number of nitrogens with one attached hydrogen (secondary N) is 1. The topological polar surface area (TPSA) is 89.7 Å². The Morgan fingerprint density at radius 3 is 2.39 bits per heavy atom. The number of carbonyl (C=O) groups is 1. The van der Waals surface area contributed by atoms with Crippen molar-refractivity contribution in [3.63, 3.8) is 0 Å². The summed E-state index contributed by atoms with van der Waals surface area (Å²) in [5, 5.41) is 7.35. The van der Waals surface area contributed by atoms with Crippen LogP contribution in [0.1, 0.15) is 30.0 Å². The summed E-state index contributed by atoms with van der Waals surface area (Å²) in [6, 6.07) is 22.0. The molecule has 8 nitrogen and oxygen atoms in total. The van der Waals surface area contributed by atoms with Gasteiger partial charge in [0.1, 0.15) is 11.5 Å². The highest BCUT2D eigenvalue weighted by molar-refractivity contribution is 6.01. The Balaban J connectivity index is 1.64. The van der Waals surface area contributed by atoms with Crippen molar-refractivity contribution >= 4 is 17.3 Å². The predicted octanol–water partition coefficient (Wildman–Crippen LogP) is 5.76. The molecule has 0 radical (unpaired) electrons. The van der Waals surface area contributed by atoms with Gasteiger partial charge >= 0.3 is 6.03 Å². The molecule has 1 aliphatic heterocycles. The standard InChI is InChI=1S/C28H26N4O4/c1-17-7-5-9-21(15-17)32-18(2)24(25(29-28(32)33)20-8-6-10-23(16-20)35-4)27-30-26(31-36-27)19-11-13-22(34-3)14-12-19/h5-16,25H,1-4H3,(H,29,33). The van der Waals surface area contributed by atoms with E-state index in [4.69, 9.17) is 19.0 Å². The zero-order valence-corrected chi connectivity index (χ0v) is 20.5. The number of carbonyl (C=O) groups excluding carboxylic acids is 1.